The lowest BCUT2D eigenvalue weighted by Crippen LogP contribution is -2.44. The number of carbonyl (C=O) groups excluding carboxylic acids is 1. The lowest BCUT2D eigenvalue weighted by Gasteiger charge is -2.23. The number of amides is 2. The molecular weight excluding hydrogens is 316 g/mol. The molecule has 2 heterocycles. The van der Waals surface area contributed by atoms with Gasteiger partial charge in [-0.05, 0) is 23.5 Å². The van der Waals surface area contributed by atoms with Gasteiger partial charge in [0.1, 0.15) is 0 Å². The molecule has 7 heteroatoms. The highest BCUT2D eigenvalue weighted by molar-refractivity contribution is 5.76. The zero-order valence-corrected chi connectivity index (χ0v) is 14.2. The van der Waals surface area contributed by atoms with Crippen LogP contribution in [0.2, 0.25) is 0 Å². The predicted molar refractivity (Wildman–Crippen MR) is 92.7 cm³/mol. The van der Waals surface area contributed by atoms with Crippen molar-refractivity contribution >= 4 is 11.8 Å². The van der Waals surface area contributed by atoms with Crippen LogP contribution in [0.15, 0.2) is 48.8 Å². The summed E-state index contributed by atoms with van der Waals surface area (Å²) < 4.78 is 1.59. The van der Waals surface area contributed by atoms with Crippen LogP contribution in [0.5, 0.6) is 0 Å². The summed E-state index contributed by atoms with van der Waals surface area (Å²) in [5.41, 5.74) is 0.827. The van der Waals surface area contributed by atoms with Crippen LogP contribution in [-0.2, 0) is 12.1 Å². The molecule has 2 aromatic heterocycles. The highest BCUT2D eigenvalue weighted by Gasteiger charge is 2.63. The van der Waals surface area contributed by atoms with Crippen molar-refractivity contribution < 1.29 is 4.79 Å². The average molecular weight is 336 g/mol. The number of fused-ring (bicyclic) bond motifs is 1. The first-order chi connectivity index (χ1) is 12.0. The summed E-state index contributed by atoms with van der Waals surface area (Å²) in [4.78, 5) is 20.8. The molecule has 0 aliphatic heterocycles. The predicted octanol–water partition coefficient (Wildman–Crippen LogP) is 2.25. The van der Waals surface area contributed by atoms with E-state index in [2.05, 4.69) is 51.7 Å². The third-order valence-corrected chi connectivity index (χ3v) is 4.90. The number of carbonyl (C=O) groups is 1. The van der Waals surface area contributed by atoms with Crippen molar-refractivity contribution in [1.29, 1.82) is 0 Å². The minimum Gasteiger partial charge on any atom is -0.331 e. The van der Waals surface area contributed by atoms with Crippen LogP contribution in [0.1, 0.15) is 31.7 Å². The summed E-state index contributed by atoms with van der Waals surface area (Å²) in [6.07, 6.45) is 4.34. The van der Waals surface area contributed by atoms with Gasteiger partial charge < -0.3 is 10.6 Å². The van der Waals surface area contributed by atoms with Crippen LogP contribution in [0, 0.1) is 5.41 Å². The van der Waals surface area contributed by atoms with Gasteiger partial charge >= 0.3 is 6.03 Å². The van der Waals surface area contributed by atoms with E-state index in [1.54, 1.807) is 23.0 Å². The van der Waals surface area contributed by atoms with E-state index < -0.39 is 0 Å². The zero-order valence-electron chi connectivity index (χ0n) is 14.2. The standard InChI is InChI=1S/C18H20N6O/c1-17(2)12-18(17,13-7-4-3-5-8-13)22-16(25)20-11-14-21-15-19-9-6-10-24(15)23-14/h3-10H,11-12H2,1-2H3,(H2,20,22,25). The lowest BCUT2D eigenvalue weighted by atomic mass is 9.96. The number of hydrogen-bond acceptors (Lipinski definition) is 4. The van der Waals surface area contributed by atoms with Crippen LogP contribution < -0.4 is 10.6 Å². The number of urea groups is 1. The van der Waals surface area contributed by atoms with Gasteiger partial charge in [-0.2, -0.15) is 4.98 Å². The summed E-state index contributed by atoms with van der Waals surface area (Å²) >= 11 is 0. The summed E-state index contributed by atoms with van der Waals surface area (Å²) in [7, 11) is 0. The average Bonchev–Trinajstić information content (AvgIpc) is 2.97. The number of nitrogens with zero attached hydrogens (tertiary/aromatic N) is 4. The maximum atomic E-state index is 12.4. The number of nitrogens with one attached hydrogen (secondary N) is 2. The van der Waals surface area contributed by atoms with Gasteiger partial charge in [0.15, 0.2) is 5.82 Å². The van der Waals surface area contributed by atoms with E-state index in [-0.39, 0.29) is 23.5 Å². The van der Waals surface area contributed by atoms with E-state index in [0.29, 0.717) is 11.6 Å². The molecule has 0 spiro atoms. The highest BCUT2D eigenvalue weighted by Crippen LogP contribution is 2.62. The molecular formula is C18H20N6O. The number of hydrogen-bond donors (Lipinski definition) is 2. The van der Waals surface area contributed by atoms with Gasteiger partial charge in [0.2, 0.25) is 0 Å². The Balaban J connectivity index is 1.44. The van der Waals surface area contributed by atoms with Crippen molar-refractivity contribution in [1.82, 2.24) is 30.2 Å². The van der Waals surface area contributed by atoms with Gasteiger partial charge in [-0.3, -0.25) is 0 Å². The smallest absolute Gasteiger partial charge is 0.315 e. The fourth-order valence-electron chi connectivity index (χ4n) is 3.37. The van der Waals surface area contributed by atoms with Crippen molar-refractivity contribution in [2.24, 2.45) is 5.41 Å². The van der Waals surface area contributed by atoms with E-state index in [1.807, 2.05) is 18.2 Å². The molecule has 1 aliphatic carbocycles. The quantitative estimate of drug-likeness (QED) is 0.765. The van der Waals surface area contributed by atoms with Gasteiger partial charge in [0, 0.05) is 12.4 Å². The van der Waals surface area contributed by atoms with Gasteiger partial charge in [0.25, 0.3) is 5.78 Å². The Labute approximate surface area is 145 Å². The number of aromatic nitrogens is 4. The third kappa shape index (κ3) is 2.71. The fraction of sp³-hybridized carbons (Fsp3) is 0.333. The van der Waals surface area contributed by atoms with Crippen molar-refractivity contribution in [3.05, 3.63) is 60.2 Å². The molecule has 128 valence electrons. The Hall–Kier alpha value is -2.96. The summed E-state index contributed by atoms with van der Waals surface area (Å²) in [5.74, 6) is 1.04. The summed E-state index contributed by atoms with van der Waals surface area (Å²) in [6, 6.07) is 11.7. The largest absolute Gasteiger partial charge is 0.331 e. The van der Waals surface area contributed by atoms with Crippen molar-refractivity contribution in [2.75, 3.05) is 0 Å². The third-order valence-electron chi connectivity index (χ3n) is 4.90. The second kappa shape index (κ2) is 5.54. The van der Waals surface area contributed by atoms with Gasteiger partial charge in [-0.1, -0.05) is 44.2 Å². The molecule has 1 atom stereocenters. The normalized spacial score (nSPS) is 21.0. The van der Waals surface area contributed by atoms with E-state index in [9.17, 15) is 4.79 Å². The summed E-state index contributed by atoms with van der Waals surface area (Å²) in [6.45, 7) is 4.58. The first-order valence-electron chi connectivity index (χ1n) is 8.28. The molecule has 3 aromatic rings. The first-order valence-corrected chi connectivity index (χ1v) is 8.28. The molecule has 2 amide bonds. The first kappa shape index (κ1) is 15.6. The lowest BCUT2D eigenvalue weighted by molar-refractivity contribution is 0.231. The van der Waals surface area contributed by atoms with Crippen molar-refractivity contribution in [2.45, 2.75) is 32.4 Å². The second-order valence-corrected chi connectivity index (χ2v) is 7.03. The monoisotopic (exact) mass is 336 g/mol. The maximum absolute atomic E-state index is 12.4. The minimum absolute atomic E-state index is 0.0248. The molecule has 1 aromatic carbocycles. The van der Waals surface area contributed by atoms with Crippen LogP contribution in [0.3, 0.4) is 0 Å². The molecule has 0 radical (unpaired) electrons. The van der Waals surface area contributed by atoms with Crippen molar-refractivity contribution in [3.8, 4) is 0 Å². The van der Waals surface area contributed by atoms with E-state index in [0.717, 1.165) is 12.0 Å². The number of rotatable bonds is 4. The molecule has 7 nitrogen and oxygen atoms in total. The zero-order chi connectivity index (χ0) is 17.5. The fourth-order valence-corrected chi connectivity index (χ4v) is 3.37. The van der Waals surface area contributed by atoms with Crippen LogP contribution in [-0.4, -0.2) is 25.6 Å². The Bertz CT molecular complexity index is 886. The van der Waals surface area contributed by atoms with E-state index in [4.69, 9.17) is 0 Å². The van der Waals surface area contributed by atoms with Gasteiger partial charge in [-0.15, -0.1) is 5.10 Å². The SMILES string of the molecule is CC1(C)CC1(NC(=O)NCc1nc2ncccn2n1)c1ccccc1. The van der Waals surface area contributed by atoms with Crippen molar-refractivity contribution in [3.63, 3.8) is 0 Å². The molecule has 1 fully saturated rings. The van der Waals surface area contributed by atoms with E-state index in [1.165, 1.54) is 0 Å². The van der Waals surface area contributed by atoms with Crippen LogP contribution in [0.25, 0.3) is 5.78 Å². The Kier molecular flexibility index (Phi) is 3.45. The molecule has 2 N–H and O–H groups in total. The molecule has 4 rings (SSSR count). The molecule has 1 unspecified atom stereocenters. The highest BCUT2D eigenvalue weighted by atomic mass is 16.2. The minimum atomic E-state index is -0.327. The maximum Gasteiger partial charge on any atom is 0.315 e. The Morgan fingerprint density at radius 1 is 1.24 bits per heavy atom. The van der Waals surface area contributed by atoms with Gasteiger partial charge in [0.05, 0.1) is 12.1 Å². The van der Waals surface area contributed by atoms with E-state index >= 15 is 0 Å². The topological polar surface area (TPSA) is 84.2 Å². The summed E-state index contributed by atoms with van der Waals surface area (Å²) in [5, 5.41) is 10.3. The van der Waals surface area contributed by atoms with Crippen LogP contribution >= 0.6 is 0 Å². The molecule has 0 bridgehead atoms. The molecule has 0 saturated heterocycles. The number of benzene rings is 1. The molecule has 1 aliphatic rings. The Morgan fingerprint density at radius 3 is 2.68 bits per heavy atom. The van der Waals surface area contributed by atoms with Gasteiger partial charge in [-0.25, -0.2) is 14.3 Å². The molecule has 1 saturated carbocycles. The Morgan fingerprint density at radius 2 is 2.00 bits per heavy atom. The molecule has 25 heavy (non-hydrogen) atoms. The second-order valence-electron chi connectivity index (χ2n) is 7.03. The van der Waals surface area contributed by atoms with Crippen LogP contribution in [0.4, 0.5) is 4.79 Å².